The number of aromatic nitrogens is 1. The predicted octanol–water partition coefficient (Wildman–Crippen LogP) is 0.309. The third-order valence-corrected chi connectivity index (χ3v) is 1.86. The van der Waals surface area contributed by atoms with Gasteiger partial charge in [0.25, 0.3) is 0 Å². The van der Waals surface area contributed by atoms with Gasteiger partial charge in [0.15, 0.2) is 6.10 Å². The van der Waals surface area contributed by atoms with Gasteiger partial charge < -0.3 is 14.6 Å². The highest BCUT2D eigenvalue weighted by molar-refractivity contribution is 5.78. The summed E-state index contributed by atoms with van der Waals surface area (Å²) in [5.74, 6) is -0.834. The van der Waals surface area contributed by atoms with Gasteiger partial charge in [-0.25, -0.2) is 9.59 Å². The van der Waals surface area contributed by atoms with Crippen molar-refractivity contribution in [1.82, 2.24) is 4.57 Å². The predicted molar refractivity (Wildman–Crippen MR) is 49.2 cm³/mol. The summed E-state index contributed by atoms with van der Waals surface area (Å²) in [4.78, 5) is 22.2. The molecule has 0 aliphatic rings. The summed E-state index contributed by atoms with van der Waals surface area (Å²) < 4.78 is 9.84. The highest BCUT2D eigenvalue weighted by Gasteiger charge is 2.23. The number of hydrogen-bond acceptors (Lipinski definition) is 5. The van der Waals surface area contributed by atoms with E-state index in [2.05, 4.69) is 9.47 Å². The van der Waals surface area contributed by atoms with Crippen molar-refractivity contribution in [1.29, 1.82) is 0 Å². The van der Waals surface area contributed by atoms with Gasteiger partial charge in [0.1, 0.15) is 0 Å². The molecule has 0 fully saturated rings. The van der Waals surface area contributed by atoms with E-state index in [1.165, 1.54) is 25.4 Å². The van der Waals surface area contributed by atoms with Crippen LogP contribution in [-0.2, 0) is 14.3 Å². The first-order valence-corrected chi connectivity index (χ1v) is 4.13. The number of methoxy groups -OCH3 is 2. The van der Waals surface area contributed by atoms with E-state index in [9.17, 15) is 14.7 Å². The van der Waals surface area contributed by atoms with Crippen LogP contribution in [-0.4, -0.2) is 36.0 Å². The maximum absolute atomic E-state index is 11.2. The second-order valence-corrected chi connectivity index (χ2v) is 2.70. The maximum atomic E-state index is 11.2. The van der Waals surface area contributed by atoms with E-state index in [0.29, 0.717) is 0 Å². The van der Waals surface area contributed by atoms with E-state index in [1.807, 2.05) is 0 Å². The van der Waals surface area contributed by atoms with Gasteiger partial charge in [0, 0.05) is 6.20 Å². The van der Waals surface area contributed by atoms with Crippen molar-refractivity contribution in [2.45, 2.75) is 6.10 Å². The van der Waals surface area contributed by atoms with Crippen LogP contribution < -0.4 is 0 Å². The lowest BCUT2D eigenvalue weighted by Gasteiger charge is -2.10. The van der Waals surface area contributed by atoms with Gasteiger partial charge in [-0.3, -0.25) is 4.57 Å². The molecule has 1 aromatic heterocycles. The van der Waals surface area contributed by atoms with Gasteiger partial charge in [-0.1, -0.05) is 0 Å². The molecule has 0 aliphatic carbocycles. The van der Waals surface area contributed by atoms with Crippen molar-refractivity contribution in [3.8, 4) is 0 Å². The molecular formula is C9H11NO5. The Morgan fingerprint density at radius 2 is 2.07 bits per heavy atom. The molecule has 82 valence electrons. The molecule has 0 radical (unpaired) electrons. The highest BCUT2D eigenvalue weighted by Crippen LogP contribution is 2.15. The second kappa shape index (κ2) is 4.61. The molecule has 6 heteroatoms. The highest BCUT2D eigenvalue weighted by atomic mass is 16.5. The van der Waals surface area contributed by atoms with E-state index in [4.69, 9.17) is 0 Å². The van der Waals surface area contributed by atoms with Crippen LogP contribution >= 0.6 is 0 Å². The lowest BCUT2D eigenvalue weighted by atomic mass is 10.2. The fraction of sp³-hybridized carbons (Fsp3) is 0.333. The van der Waals surface area contributed by atoms with Crippen LogP contribution in [0.5, 0.6) is 0 Å². The Hall–Kier alpha value is -1.82. The standard InChI is InChI=1S/C9H11NO5/c1-14-8(12)7(11)6-4-3-5-10(6)9(13)15-2/h3-5,7,11H,1-2H3/t7-/m0/s1. The summed E-state index contributed by atoms with van der Waals surface area (Å²) in [5.41, 5.74) is 0.105. The molecule has 0 saturated carbocycles. The van der Waals surface area contributed by atoms with E-state index >= 15 is 0 Å². The molecule has 0 spiro atoms. The smallest absolute Gasteiger partial charge is 0.418 e. The minimum Gasteiger partial charge on any atom is -0.467 e. The number of esters is 1. The zero-order valence-electron chi connectivity index (χ0n) is 8.34. The zero-order chi connectivity index (χ0) is 11.4. The van der Waals surface area contributed by atoms with E-state index < -0.39 is 18.2 Å². The third kappa shape index (κ3) is 2.16. The molecule has 6 nitrogen and oxygen atoms in total. The molecule has 1 N–H and O–H groups in total. The Balaban J connectivity index is 2.99. The maximum Gasteiger partial charge on any atom is 0.418 e. The van der Waals surface area contributed by atoms with Crippen LogP contribution in [0.3, 0.4) is 0 Å². The first kappa shape index (κ1) is 11.3. The molecule has 1 atom stereocenters. The number of nitrogens with zero attached hydrogens (tertiary/aromatic N) is 1. The molecule has 1 rings (SSSR count). The topological polar surface area (TPSA) is 77.8 Å². The summed E-state index contributed by atoms with van der Waals surface area (Å²) in [5, 5.41) is 9.50. The average Bonchev–Trinajstić information content (AvgIpc) is 2.74. The van der Waals surface area contributed by atoms with Crippen LogP contribution in [0.25, 0.3) is 0 Å². The van der Waals surface area contributed by atoms with Gasteiger partial charge in [-0.05, 0) is 12.1 Å². The SMILES string of the molecule is COC(=O)[C@@H](O)c1cccn1C(=O)OC. The molecular weight excluding hydrogens is 202 g/mol. The Labute approximate surface area is 86.0 Å². The zero-order valence-corrected chi connectivity index (χ0v) is 8.34. The van der Waals surface area contributed by atoms with Crippen molar-refractivity contribution < 1.29 is 24.2 Å². The first-order valence-electron chi connectivity index (χ1n) is 4.13. The Morgan fingerprint density at radius 1 is 1.40 bits per heavy atom. The number of aliphatic hydroxyl groups excluding tert-OH is 1. The largest absolute Gasteiger partial charge is 0.467 e. The number of ether oxygens (including phenoxy) is 2. The van der Waals surface area contributed by atoms with Crippen LogP contribution in [0.15, 0.2) is 18.3 Å². The monoisotopic (exact) mass is 213 g/mol. The normalized spacial score (nSPS) is 11.9. The van der Waals surface area contributed by atoms with Crippen molar-refractivity contribution in [2.24, 2.45) is 0 Å². The Kier molecular flexibility index (Phi) is 3.46. The second-order valence-electron chi connectivity index (χ2n) is 2.70. The van der Waals surface area contributed by atoms with Crippen LogP contribution in [0.4, 0.5) is 4.79 Å². The molecule has 0 amide bonds. The summed E-state index contributed by atoms with van der Waals surface area (Å²) in [6, 6.07) is 2.94. The summed E-state index contributed by atoms with van der Waals surface area (Å²) in [6.07, 6.45) is -0.796. The van der Waals surface area contributed by atoms with E-state index in [0.717, 1.165) is 11.7 Å². The molecule has 0 saturated heterocycles. The van der Waals surface area contributed by atoms with Gasteiger partial charge in [0.05, 0.1) is 19.9 Å². The number of hydrogen-bond donors (Lipinski definition) is 1. The fourth-order valence-corrected chi connectivity index (χ4v) is 1.11. The summed E-state index contributed by atoms with van der Waals surface area (Å²) in [7, 11) is 2.35. The Bertz CT molecular complexity index is 370. The molecule has 0 aromatic carbocycles. The lowest BCUT2D eigenvalue weighted by molar-refractivity contribution is -0.151. The summed E-state index contributed by atoms with van der Waals surface area (Å²) >= 11 is 0. The molecule has 0 unspecified atom stereocenters. The van der Waals surface area contributed by atoms with Crippen molar-refractivity contribution in [3.63, 3.8) is 0 Å². The lowest BCUT2D eigenvalue weighted by Crippen LogP contribution is -2.21. The quantitative estimate of drug-likeness (QED) is 0.715. The fourth-order valence-electron chi connectivity index (χ4n) is 1.11. The third-order valence-electron chi connectivity index (χ3n) is 1.86. The van der Waals surface area contributed by atoms with E-state index in [-0.39, 0.29) is 5.69 Å². The van der Waals surface area contributed by atoms with Crippen molar-refractivity contribution in [3.05, 3.63) is 24.0 Å². The minimum atomic E-state index is -1.50. The number of carbonyl (C=O) groups is 2. The van der Waals surface area contributed by atoms with Gasteiger partial charge in [-0.2, -0.15) is 0 Å². The van der Waals surface area contributed by atoms with Gasteiger partial charge in [0.2, 0.25) is 0 Å². The molecule has 15 heavy (non-hydrogen) atoms. The van der Waals surface area contributed by atoms with Crippen LogP contribution in [0.2, 0.25) is 0 Å². The van der Waals surface area contributed by atoms with E-state index in [1.54, 1.807) is 0 Å². The Morgan fingerprint density at radius 3 is 2.60 bits per heavy atom. The van der Waals surface area contributed by atoms with Crippen LogP contribution in [0, 0.1) is 0 Å². The van der Waals surface area contributed by atoms with Gasteiger partial charge >= 0.3 is 12.1 Å². The van der Waals surface area contributed by atoms with Gasteiger partial charge in [-0.15, -0.1) is 0 Å². The average molecular weight is 213 g/mol. The first-order chi connectivity index (χ1) is 7.11. The minimum absolute atomic E-state index is 0.105. The number of carbonyl (C=O) groups excluding carboxylic acids is 2. The molecule has 0 aliphatic heterocycles. The summed E-state index contributed by atoms with van der Waals surface area (Å²) in [6.45, 7) is 0. The number of aliphatic hydroxyl groups is 1. The molecule has 1 heterocycles. The molecule has 0 bridgehead atoms. The number of rotatable bonds is 2. The van der Waals surface area contributed by atoms with Crippen molar-refractivity contribution >= 4 is 12.1 Å². The van der Waals surface area contributed by atoms with Crippen molar-refractivity contribution in [2.75, 3.05) is 14.2 Å². The van der Waals surface area contributed by atoms with Crippen LogP contribution in [0.1, 0.15) is 11.8 Å². The molecule has 1 aromatic rings.